The molecule has 1 aromatic rings. The normalized spacial score (nSPS) is 11.9. The maximum atomic E-state index is 11.7. The summed E-state index contributed by atoms with van der Waals surface area (Å²) in [5, 5.41) is 9.07. The number of rotatable bonds is 5. The van der Waals surface area contributed by atoms with Gasteiger partial charge in [-0.2, -0.15) is 5.26 Å². The lowest BCUT2D eigenvalue weighted by atomic mass is 9.93. The van der Waals surface area contributed by atoms with E-state index >= 15 is 0 Å². The monoisotopic (exact) mass is 231 g/mol. The third kappa shape index (κ3) is 3.15. The van der Waals surface area contributed by atoms with Gasteiger partial charge >= 0.3 is 0 Å². The zero-order valence-corrected chi connectivity index (χ0v) is 10.5. The average molecular weight is 231 g/mol. The fourth-order valence-electron chi connectivity index (χ4n) is 1.85. The number of hydrogen-bond acceptors (Lipinski definition) is 3. The van der Waals surface area contributed by atoms with Crippen LogP contribution in [0.3, 0.4) is 0 Å². The second-order valence-corrected chi connectivity index (χ2v) is 4.00. The van der Waals surface area contributed by atoms with E-state index in [2.05, 4.69) is 6.92 Å². The molecular weight excluding hydrogens is 214 g/mol. The predicted molar refractivity (Wildman–Crippen MR) is 65.8 cm³/mol. The van der Waals surface area contributed by atoms with Crippen molar-refractivity contribution in [3.8, 4) is 6.07 Å². The Labute approximate surface area is 102 Å². The van der Waals surface area contributed by atoms with E-state index in [-0.39, 0.29) is 12.4 Å². The number of aryl methyl sites for hydroxylation is 2. The van der Waals surface area contributed by atoms with Gasteiger partial charge in [0.15, 0.2) is 5.78 Å². The molecule has 0 N–H and O–H groups in total. The van der Waals surface area contributed by atoms with Gasteiger partial charge in [0, 0.05) is 7.11 Å². The Hall–Kier alpha value is -1.66. The first-order valence-corrected chi connectivity index (χ1v) is 5.64. The molecule has 0 heterocycles. The van der Waals surface area contributed by atoms with E-state index in [0.29, 0.717) is 0 Å². The molecule has 90 valence electrons. The minimum atomic E-state index is -0.723. The van der Waals surface area contributed by atoms with Gasteiger partial charge in [0.05, 0.1) is 6.07 Å². The van der Waals surface area contributed by atoms with Crippen LogP contribution in [0.25, 0.3) is 0 Å². The van der Waals surface area contributed by atoms with E-state index in [4.69, 9.17) is 10.00 Å². The van der Waals surface area contributed by atoms with Crippen LogP contribution in [0.2, 0.25) is 0 Å². The molecule has 0 aliphatic carbocycles. The molecule has 0 saturated carbocycles. The highest BCUT2D eigenvalue weighted by atomic mass is 16.5. The molecule has 3 heteroatoms. The zero-order valence-electron chi connectivity index (χ0n) is 10.5. The van der Waals surface area contributed by atoms with Gasteiger partial charge in [-0.1, -0.05) is 25.1 Å². The van der Waals surface area contributed by atoms with E-state index in [9.17, 15) is 4.79 Å². The summed E-state index contributed by atoms with van der Waals surface area (Å²) in [6, 6.07) is 7.79. The Balaban J connectivity index is 3.02. The fraction of sp³-hybridized carbons (Fsp3) is 0.429. The number of ketones is 1. The minimum Gasteiger partial charge on any atom is -0.377 e. The van der Waals surface area contributed by atoms with E-state index < -0.39 is 5.92 Å². The number of nitriles is 1. The topological polar surface area (TPSA) is 50.1 Å². The zero-order chi connectivity index (χ0) is 12.8. The third-order valence-electron chi connectivity index (χ3n) is 2.82. The Morgan fingerprint density at radius 3 is 2.71 bits per heavy atom. The van der Waals surface area contributed by atoms with Crippen LogP contribution in [0.4, 0.5) is 0 Å². The van der Waals surface area contributed by atoms with Gasteiger partial charge in [-0.15, -0.1) is 0 Å². The summed E-state index contributed by atoms with van der Waals surface area (Å²) in [7, 11) is 1.46. The molecule has 1 unspecified atom stereocenters. The Morgan fingerprint density at radius 2 is 2.24 bits per heavy atom. The van der Waals surface area contributed by atoms with E-state index in [0.717, 1.165) is 17.5 Å². The maximum absolute atomic E-state index is 11.7. The molecule has 0 fully saturated rings. The van der Waals surface area contributed by atoms with Crippen molar-refractivity contribution in [2.45, 2.75) is 26.2 Å². The van der Waals surface area contributed by atoms with Crippen LogP contribution in [0.1, 0.15) is 29.5 Å². The molecule has 17 heavy (non-hydrogen) atoms. The highest BCUT2D eigenvalue weighted by Crippen LogP contribution is 2.20. The summed E-state index contributed by atoms with van der Waals surface area (Å²) >= 11 is 0. The Morgan fingerprint density at radius 1 is 1.53 bits per heavy atom. The predicted octanol–water partition coefficient (Wildman–Crippen LogP) is 2.38. The smallest absolute Gasteiger partial charge is 0.179 e. The Kier molecular flexibility index (Phi) is 4.86. The van der Waals surface area contributed by atoms with E-state index in [1.807, 2.05) is 31.2 Å². The van der Waals surface area contributed by atoms with Gasteiger partial charge in [0.1, 0.15) is 12.5 Å². The molecule has 0 amide bonds. The largest absolute Gasteiger partial charge is 0.377 e. The highest BCUT2D eigenvalue weighted by molar-refractivity contribution is 5.89. The number of ether oxygens (including phenoxy) is 1. The van der Waals surface area contributed by atoms with Crippen LogP contribution in [-0.4, -0.2) is 19.5 Å². The summed E-state index contributed by atoms with van der Waals surface area (Å²) in [6.07, 6.45) is 0.954. The van der Waals surface area contributed by atoms with Crippen LogP contribution < -0.4 is 0 Å². The van der Waals surface area contributed by atoms with Gasteiger partial charge in [0.2, 0.25) is 0 Å². The van der Waals surface area contributed by atoms with Crippen molar-refractivity contribution >= 4 is 5.78 Å². The summed E-state index contributed by atoms with van der Waals surface area (Å²) in [4.78, 5) is 11.7. The number of carbonyl (C=O) groups is 1. The van der Waals surface area contributed by atoms with Crippen molar-refractivity contribution in [2.24, 2.45) is 0 Å². The fourth-order valence-corrected chi connectivity index (χ4v) is 1.85. The molecule has 1 atom stereocenters. The first-order valence-electron chi connectivity index (χ1n) is 5.64. The van der Waals surface area contributed by atoms with Crippen LogP contribution in [0.15, 0.2) is 18.2 Å². The molecule has 1 rings (SSSR count). The second-order valence-electron chi connectivity index (χ2n) is 4.00. The molecule has 1 aromatic carbocycles. The Bertz CT molecular complexity index is 446. The first kappa shape index (κ1) is 13.4. The van der Waals surface area contributed by atoms with Crippen molar-refractivity contribution in [2.75, 3.05) is 13.7 Å². The van der Waals surface area contributed by atoms with Crippen LogP contribution in [0.5, 0.6) is 0 Å². The van der Waals surface area contributed by atoms with Crippen molar-refractivity contribution in [3.63, 3.8) is 0 Å². The van der Waals surface area contributed by atoms with Crippen molar-refractivity contribution < 1.29 is 9.53 Å². The van der Waals surface area contributed by atoms with Crippen LogP contribution in [0, 0.1) is 18.3 Å². The quantitative estimate of drug-likeness (QED) is 0.781. The third-order valence-corrected chi connectivity index (χ3v) is 2.82. The van der Waals surface area contributed by atoms with E-state index in [1.165, 1.54) is 12.7 Å². The number of hydrogen-bond donors (Lipinski definition) is 0. The van der Waals surface area contributed by atoms with Gasteiger partial charge in [0.25, 0.3) is 0 Å². The van der Waals surface area contributed by atoms with Gasteiger partial charge < -0.3 is 4.74 Å². The minimum absolute atomic E-state index is 0.0210. The van der Waals surface area contributed by atoms with Gasteiger partial charge in [-0.05, 0) is 30.0 Å². The molecule has 0 saturated heterocycles. The number of methoxy groups -OCH3 is 1. The number of Topliss-reactive ketones (excluding diaryl/α,β-unsaturated/α-hetero) is 1. The van der Waals surface area contributed by atoms with Gasteiger partial charge in [-0.3, -0.25) is 4.79 Å². The number of nitrogens with zero attached hydrogens (tertiary/aromatic N) is 1. The molecule has 0 spiro atoms. The molecule has 0 aliphatic heterocycles. The summed E-state index contributed by atoms with van der Waals surface area (Å²) < 4.78 is 4.78. The summed E-state index contributed by atoms with van der Waals surface area (Å²) in [5.41, 5.74) is 3.12. The van der Waals surface area contributed by atoms with Crippen LogP contribution >= 0.6 is 0 Å². The van der Waals surface area contributed by atoms with Crippen molar-refractivity contribution in [1.29, 1.82) is 5.26 Å². The summed E-state index contributed by atoms with van der Waals surface area (Å²) in [6.45, 7) is 4.06. The van der Waals surface area contributed by atoms with Crippen molar-refractivity contribution in [3.05, 3.63) is 34.9 Å². The lowest BCUT2D eigenvalue weighted by molar-refractivity contribution is -0.122. The molecular formula is C14H17NO2. The van der Waals surface area contributed by atoms with E-state index in [1.54, 1.807) is 0 Å². The standard InChI is InChI=1S/C14H17NO2/c1-4-11-5-6-12(7-10(11)2)13(8-15)14(16)9-17-3/h5-7,13H,4,9H2,1-3H3. The lowest BCUT2D eigenvalue weighted by Crippen LogP contribution is -2.16. The highest BCUT2D eigenvalue weighted by Gasteiger charge is 2.20. The molecule has 0 aromatic heterocycles. The molecule has 3 nitrogen and oxygen atoms in total. The molecule has 0 radical (unpaired) electrons. The van der Waals surface area contributed by atoms with Gasteiger partial charge in [-0.25, -0.2) is 0 Å². The first-order chi connectivity index (χ1) is 8.13. The molecule has 0 bridgehead atoms. The van der Waals surface area contributed by atoms with Crippen LogP contribution in [-0.2, 0) is 16.0 Å². The van der Waals surface area contributed by atoms with Crippen molar-refractivity contribution in [1.82, 2.24) is 0 Å². The summed E-state index contributed by atoms with van der Waals surface area (Å²) in [5.74, 6) is -0.918. The number of benzene rings is 1. The SMILES string of the molecule is CCc1ccc(C(C#N)C(=O)COC)cc1C. The number of carbonyl (C=O) groups excluding carboxylic acids is 1. The maximum Gasteiger partial charge on any atom is 0.179 e. The second kappa shape index (κ2) is 6.17. The lowest BCUT2D eigenvalue weighted by Gasteiger charge is -2.11. The molecule has 0 aliphatic rings. The average Bonchev–Trinajstić information content (AvgIpc) is 2.30.